The van der Waals surface area contributed by atoms with Crippen LogP contribution in [-0.4, -0.2) is 53.0 Å². The molecule has 30 heavy (non-hydrogen) atoms. The highest BCUT2D eigenvalue weighted by atomic mass is 32.2. The van der Waals surface area contributed by atoms with Crippen LogP contribution in [0.4, 0.5) is 0 Å². The summed E-state index contributed by atoms with van der Waals surface area (Å²) in [5.74, 6) is 1.37. The van der Waals surface area contributed by atoms with Crippen molar-refractivity contribution >= 4 is 16.8 Å². The fourth-order valence-corrected chi connectivity index (χ4v) is 4.70. The van der Waals surface area contributed by atoms with E-state index < -0.39 is 10.8 Å². The molecule has 0 bridgehead atoms. The number of nitrogens with zero attached hydrogens (tertiary/aromatic N) is 2. The second-order valence-corrected chi connectivity index (χ2v) is 9.38. The third-order valence-electron chi connectivity index (χ3n) is 5.31. The van der Waals surface area contributed by atoms with Crippen LogP contribution in [0.1, 0.15) is 30.9 Å². The van der Waals surface area contributed by atoms with Gasteiger partial charge in [-0.2, -0.15) is 0 Å². The van der Waals surface area contributed by atoms with E-state index in [4.69, 9.17) is 0 Å². The molecule has 0 spiro atoms. The van der Waals surface area contributed by atoms with Crippen LogP contribution in [0.2, 0.25) is 0 Å². The van der Waals surface area contributed by atoms with Crippen LogP contribution >= 0.6 is 0 Å². The molecule has 5 nitrogen and oxygen atoms in total. The lowest BCUT2D eigenvalue weighted by Crippen LogP contribution is -2.48. The number of benzene rings is 2. The lowest BCUT2D eigenvalue weighted by atomic mass is 10.0. The second kappa shape index (κ2) is 11.9. The fourth-order valence-electron chi connectivity index (χ4n) is 3.75. The molecule has 1 aliphatic rings. The Labute approximate surface area is 183 Å². The van der Waals surface area contributed by atoms with Crippen molar-refractivity contribution in [3.05, 3.63) is 65.7 Å². The summed E-state index contributed by atoms with van der Waals surface area (Å²) in [5, 5.41) is 6.90. The molecule has 1 fully saturated rings. The van der Waals surface area contributed by atoms with Gasteiger partial charge in [-0.3, -0.25) is 14.1 Å². The molecule has 2 aromatic carbocycles. The molecule has 1 saturated heterocycles. The van der Waals surface area contributed by atoms with Gasteiger partial charge in [-0.1, -0.05) is 48.0 Å². The van der Waals surface area contributed by atoms with Gasteiger partial charge < -0.3 is 10.6 Å². The summed E-state index contributed by atoms with van der Waals surface area (Å²) in [6.07, 6.45) is 2.21. The van der Waals surface area contributed by atoms with E-state index in [0.29, 0.717) is 18.3 Å². The maximum absolute atomic E-state index is 12.4. The van der Waals surface area contributed by atoms with Gasteiger partial charge in [-0.25, -0.2) is 0 Å². The molecule has 2 aromatic rings. The number of piperidine rings is 1. The van der Waals surface area contributed by atoms with E-state index in [9.17, 15) is 4.21 Å². The third-order valence-corrected chi connectivity index (χ3v) is 6.67. The van der Waals surface area contributed by atoms with Crippen LogP contribution in [0.5, 0.6) is 0 Å². The van der Waals surface area contributed by atoms with Crippen molar-refractivity contribution in [1.82, 2.24) is 15.5 Å². The van der Waals surface area contributed by atoms with E-state index in [1.165, 1.54) is 11.1 Å². The Hall–Kier alpha value is -2.18. The van der Waals surface area contributed by atoms with Gasteiger partial charge in [0.25, 0.3) is 0 Å². The summed E-state index contributed by atoms with van der Waals surface area (Å²) in [6.45, 7) is 8.78. The molecule has 1 atom stereocenters. The van der Waals surface area contributed by atoms with Crippen LogP contribution in [-0.2, 0) is 17.3 Å². The van der Waals surface area contributed by atoms with E-state index in [0.717, 1.165) is 49.9 Å². The van der Waals surface area contributed by atoms with Crippen LogP contribution in [0.15, 0.2) is 64.5 Å². The van der Waals surface area contributed by atoms with Gasteiger partial charge in [0.15, 0.2) is 5.96 Å². The second-order valence-electron chi connectivity index (χ2n) is 7.81. The predicted octanol–water partition coefficient (Wildman–Crippen LogP) is 3.32. The minimum Gasteiger partial charge on any atom is -0.357 e. The first-order valence-corrected chi connectivity index (χ1v) is 12.2. The topological polar surface area (TPSA) is 56.7 Å². The number of nitrogens with one attached hydrogen (secondary N) is 2. The molecule has 0 amide bonds. The Morgan fingerprint density at radius 2 is 1.90 bits per heavy atom. The number of hydrogen-bond acceptors (Lipinski definition) is 3. The van der Waals surface area contributed by atoms with Crippen molar-refractivity contribution in [1.29, 1.82) is 0 Å². The van der Waals surface area contributed by atoms with Crippen molar-refractivity contribution in [2.75, 3.05) is 31.9 Å². The molecule has 3 rings (SSSR count). The Morgan fingerprint density at radius 1 is 1.13 bits per heavy atom. The summed E-state index contributed by atoms with van der Waals surface area (Å²) in [7, 11) is -1.01. The zero-order valence-electron chi connectivity index (χ0n) is 18.1. The maximum Gasteiger partial charge on any atom is 0.191 e. The molecular formula is C24H34N4OS. The standard InChI is InChI=1S/C24H34N4OS/c1-3-25-24(26-14-17-30(29)23-10-5-4-6-11-23)27-22-12-15-28(16-13-22)19-21-9-7-8-20(2)18-21/h4-11,18,22H,3,12-17,19H2,1-2H3,(H2,25,26,27). The molecule has 0 saturated carbocycles. The predicted molar refractivity (Wildman–Crippen MR) is 126 cm³/mol. The highest BCUT2D eigenvalue weighted by Crippen LogP contribution is 2.15. The highest BCUT2D eigenvalue weighted by molar-refractivity contribution is 7.85. The molecule has 6 heteroatoms. The number of rotatable bonds is 8. The minimum atomic E-state index is -1.01. The van der Waals surface area contributed by atoms with Gasteiger partial charge >= 0.3 is 0 Å². The molecular weight excluding hydrogens is 392 g/mol. The molecule has 0 aliphatic carbocycles. The normalized spacial score (nSPS) is 16.9. The average Bonchev–Trinajstić information content (AvgIpc) is 2.76. The van der Waals surface area contributed by atoms with Crippen LogP contribution in [0, 0.1) is 6.92 Å². The number of aliphatic imine (C=N–C) groups is 1. The van der Waals surface area contributed by atoms with Gasteiger partial charge in [0.2, 0.25) is 0 Å². The Morgan fingerprint density at radius 3 is 2.60 bits per heavy atom. The maximum atomic E-state index is 12.4. The molecule has 1 heterocycles. The SMILES string of the molecule is CCNC(=NCCS(=O)c1ccccc1)NC1CCN(Cc2cccc(C)c2)CC1. The Balaban J connectivity index is 1.45. The molecule has 2 N–H and O–H groups in total. The van der Waals surface area contributed by atoms with Crippen molar-refractivity contribution in [2.45, 2.75) is 44.2 Å². The molecule has 1 aliphatic heterocycles. The molecule has 1 unspecified atom stereocenters. The summed E-state index contributed by atoms with van der Waals surface area (Å²) in [4.78, 5) is 8.05. The van der Waals surface area contributed by atoms with E-state index >= 15 is 0 Å². The quantitative estimate of drug-likeness (QED) is 0.502. The molecule has 0 aromatic heterocycles. The van der Waals surface area contributed by atoms with Crippen molar-refractivity contribution in [2.24, 2.45) is 4.99 Å². The van der Waals surface area contributed by atoms with Gasteiger partial charge in [0, 0.05) is 42.9 Å². The molecule has 0 radical (unpaired) electrons. The fraction of sp³-hybridized carbons (Fsp3) is 0.458. The monoisotopic (exact) mass is 426 g/mol. The first-order valence-electron chi connectivity index (χ1n) is 10.9. The largest absolute Gasteiger partial charge is 0.357 e. The van der Waals surface area contributed by atoms with Crippen molar-refractivity contribution < 1.29 is 4.21 Å². The van der Waals surface area contributed by atoms with Crippen molar-refractivity contribution in [3.8, 4) is 0 Å². The lowest BCUT2D eigenvalue weighted by molar-refractivity contribution is 0.198. The van der Waals surface area contributed by atoms with E-state index in [1.807, 2.05) is 30.3 Å². The number of hydrogen-bond donors (Lipinski definition) is 2. The summed E-state index contributed by atoms with van der Waals surface area (Å²) < 4.78 is 12.4. The van der Waals surface area contributed by atoms with Crippen LogP contribution in [0.25, 0.3) is 0 Å². The summed E-state index contributed by atoms with van der Waals surface area (Å²) >= 11 is 0. The minimum absolute atomic E-state index is 0.427. The smallest absolute Gasteiger partial charge is 0.191 e. The van der Waals surface area contributed by atoms with Crippen LogP contribution < -0.4 is 10.6 Å². The number of guanidine groups is 1. The number of aryl methyl sites for hydroxylation is 1. The number of likely N-dealkylation sites (tertiary alicyclic amines) is 1. The van der Waals surface area contributed by atoms with Crippen molar-refractivity contribution in [3.63, 3.8) is 0 Å². The zero-order valence-corrected chi connectivity index (χ0v) is 19.0. The van der Waals surface area contributed by atoms with Crippen LogP contribution in [0.3, 0.4) is 0 Å². The Kier molecular flexibility index (Phi) is 8.90. The van der Waals surface area contributed by atoms with E-state index in [1.54, 1.807) is 0 Å². The van der Waals surface area contributed by atoms with Gasteiger partial charge in [-0.15, -0.1) is 0 Å². The summed E-state index contributed by atoms with van der Waals surface area (Å²) in [6, 6.07) is 18.8. The first kappa shape index (κ1) is 22.5. The Bertz CT molecular complexity index is 832. The zero-order chi connectivity index (χ0) is 21.2. The first-order chi connectivity index (χ1) is 14.6. The third kappa shape index (κ3) is 7.26. The van der Waals surface area contributed by atoms with Gasteiger partial charge in [-0.05, 0) is 44.4 Å². The molecule has 162 valence electrons. The van der Waals surface area contributed by atoms with Gasteiger partial charge in [0.1, 0.15) is 0 Å². The highest BCUT2D eigenvalue weighted by Gasteiger charge is 2.20. The summed E-state index contributed by atoms with van der Waals surface area (Å²) in [5.41, 5.74) is 2.71. The average molecular weight is 427 g/mol. The van der Waals surface area contributed by atoms with Gasteiger partial charge in [0.05, 0.1) is 17.3 Å². The van der Waals surface area contributed by atoms with E-state index in [2.05, 4.69) is 58.6 Å². The van der Waals surface area contributed by atoms with E-state index in [-0.39, 0.29) is 0 Å². The lowest BCUT2D eigenvalue weighted by Gasteiger charge is -2.33.